The molecule has 0 aromatic carbocycles. The third-order valence-corrected chi connectivity index (χ3v) is 23.6. The maximum Gasteiger partial charge on any atom is 0.217 e. The third kappa shape index (κ3) is 21.4. The second-order valence-corrected chi connectivity index (χ2v) is 32.2. The van der Waals surface area contributed by atoms with E-state index < -0.39 is 396 Å². The molecule has 54 heteroatoms. The first kappa shape index (κ1) is 101. The van der Waals surface area contributed by atoms with Crippen LogP contribution in [0.5, 0.6) is 0 Å². The molecule has 11 fully saturated rings. The highest BCUT2D eigenvalue weighted by molar-refractivity contribution is 5.73. The minimum Gasteiger partial charge on any atom is -0.394 e. The van der Waals surface area contributed by atoms with Crippen molar-refractivity contribution < 1.29 is 257 Å². The number of rotatable bonds is 29. The molecule has 31 N–H and O–H groups in total. The summed E-state index contributed by atoms with van der Waals surface area (Å²) in [5, 5.41) is 329. The number of hydrogen-bond donors (Lipinski definition) is 31. The molecule has 0 radical (unpaired) electrons. The Labute approximate surface area is 703 Å². The molecule has 0 unspecified atom stereocenters. The molecular formula is C70H118N2O52. The number of hydrogen-bond acceptors (Lipinski definition) is 52. The summed E-state index contributed by atoms with van der Waals surface area (Å²) in [7, 11) is 0. The van der Waals surface area contributed by atoms with E-state index in [1.54, 1.807) is 0 Å². The van der Waals surface area contributed by atoms with Crippen LogP contribution in [-0.4, -0.2) is 544 Å². The second kappa shape index (κ2) is 43.3. The quantitative estimate of drug-likeness (QED) is 0.0331. The topological polar surface area (TPSA) is 839 Å². The molecule has 11 rings (SSSR count). The first-order valence-electron chi connectivity index (χ1n) is 40.1. The van der Waals surface area contributed by atoms with Crippen molar-refractivity contribution in [2.45, 2.75) is 379 Å². The van der Waals surface area contributed by atoms with Crippen LogP contribution in [0.15, 0.2) is 0 Å². The van der Waals surface area contributed by atoms with Gasteiger partial charge in [-0.25, -0.2) is 0 Å². The van der Waals surface area contributed by atoms with Crippen LogP contribution in [0, 0.1) is 0 Å². The van der Waals surface area contributed by atoms with Crippen molar-refractivity contribution in [2.24, 2.45) is 0 Å². The summed E-state index contributed by atoms with van der Waals surface area (Å²) >= 11 is 0. The van der Waals surface area contributed by atoms with E-state index in [1.807, 2.05) is 0 Å². The number of ether oxygens (including phenoxy) is 21. The van der Waals surface area contributed by atoms with Gasteiger partial charge in [-0.3, -0.25) is 9.59 Å². The minimum atomic E-state index is -2.70. The van der Waals surface area contributed by atoms with Crippen molar-refractivity contribution in [3.8, 4) is 0 Å². The fourth-order valence-corrected chi connectivity index (χ4v) is 16.4. The van der Waals surface area contributed by atoms with Crippen LogP contribution in [0.4, 0.5) is 0 Å². The highest BCUT2D eigenvalue weighted by atomic mass is 16.8. The Balaban J connectivity index is 0.973. The van der Waals surface area contributed by atoms with E-state index >= 15 is 0 Å². The SMILES string of the molecule is CC(=O)N[C@@H]1[C@@H](O[C@@H]2O[C@@H](C)[C@@H](O)[C@@H](O)[C@@H]2O)[C@H](O[C@@H]2O[C@H](CO)[C@@H](O[C@@H]3O[C@H](CO)[C@@H](O[C@@H]4O[C@H](CO)[C@H](O)[C@H](O)[C@H]4O[C@@H]4O[C@@H](C)[C@@H](O)[C@@H](O)[C@@H]4O)[C@H](O[C@H]4O[C@H](CO)[C@@H](O[C@H]5O[C@H](CO)[C@H](O)[C@H](O)[C@H]5O)[C@H](O)[C@@H]4O)[C@@H]3O)[C@H](O[C@@H]3O[C@@H](C)[C@@H](O)[C@@H](O)[C@@H]3O)[C@H]2NC(C)=O)[C@@H](CO[C@@H]2O[C@@H](C)[C@@H](O[C@@H]3O[C@H](CO)[C@H](O)[C@H](O)[C@H]3O)[C@@H](O)[C@@H]2O)O[C@H]1O. The van der Waals surface area contributed by atoms with E-state index in [-0.39, 0.29) is 0 Å². The predicted octanol–water partition coefficient (Wildman–Crippen LogP) is -20.6. The normalized spacial score (nSPS) is 53.0. The molecule has 0 aromatic heterocycles. The van der Waals surface area contributed by atoms with Crippen molar-refractivity contribution in [2.75, 3.05) is 46.2 Å². The van der Waals surface area contributed by atoms with Crippen LogP contribution in [0.1, 0.15) is 41.5 Å². The number of aliphatic hydroxyl groups excluding tert-OH is 29. The molecule has 2 amide bonds. The van der Waals surface area contributed by atoms with Crippen LogP contribution in [0.3, 0.4) is 0 Å². The molecular weight excluding hydrogens is 1700 g/mol. The van der Waals surface area contributed by atoms with E-state index in [2.05, 4.69) is 10.6 Å². The maximum atomic E-state index is 14.0. The molecule has 0 saturated carbocycles. The Bertz CT molecular complexity index is 3310. The summed E-state index contributed by atoms with van der Waals surface area (Å²) in [4.78, 5) is 27.3. The van der Waals surface area contributed by atoms with Gasteiger partial charge in [-0.15, -0.1) is 0 Å². The van der Waals surface area contributed by atoms with Crippen LogP contribution in [0.25, 0.3) is 0 Å². The lowest BCUT2D eigenvalue weighted by Crippen LogP contribution is -2.72. The molecule has 0 aliphatic carbocycles. The summed E-state index contributed by atoms with van der Waals surface area (Å²) in [6.07, 6.45) is -110. The molecule has 0 spiro atoms. The Morgan fingerprint density at radius 3 is 0.935 bits per heavy atom. The molecule has 11 heterocycles. The van der Waals surface area contributed by atoms with Gasteiger partial charge in [0.05, 0.1) is 70.7 Å². The second-order valence-electron chi connectivity index (χ2n) is 32.2. The number of amides is 2. The van der Waals surface area contributed by atoms with Gasteiger partial charge in [-0.05, 0) is 27.7 Å². The fraction of sp³-hybridized carbons (Fsp3) is 0.971. The van der Waals surface area contributed by atoms with Gasteiger partial charge in [0.25, 0.3) is 0 Å². The number of nitrogens with one attached hydrogen (secondary N) is 2. The standard InChI is InChI=1S/C70H118N2O52/c1-14-29(81)35(87)43(95)63(105-14)121-56-27(71-18(5)79)60(103)109-26(13-104-62-48(100)41(93)51(17(4)108-62)116-66-46(98)38(90)32(84)20(7-73)110-66)55(56)118-61-28(72-19(6)80)57(122-64-44(96)36(88)30(82)15(2)106-64)53(24(11-77)113-61)119-69-50(102)58(123-68-49(101)42(94)52(23(10-76)114-68)117-67-47(99)39(91)33(85)21(8-74)111-67)54(25(12-78)115-69)120-70-59(40(92)34(86)22(9-75)112-70)124-65-45(97)37(89)31(83)16(3)107-65/h14-17,20-70,73-78,81-103H,7-13H2,1-6H3,(H,71,79)(H,72,80)/t14-,15-,16-,17-,20+,21+,22+,23+,24+,25+,26+,27+,28+,29+,30+,31+,32-,33-,34-,35+,36+,37+,38-,39-,40-,41-,42+,43-,44-,45-,46+,47+,48-,49-,50-,51+,52+,53+,54+,55+,56+,57+,58+,59+,60+,61-,62+,63-,64-,65-,66-,67+,68+,69-,70-/m0/s1. The predicted molar refractivity (Wildman–Crippen MR) is 380 cm³/mol. The van der Waals surface area contributed by atoms with Crippen molar-refractivity contribution in [1.29, 1.82) is 0 Å². The molecule has 720 valence electrons. The van der Waals surface area contributed by atoms with Gasteiger partial charge in [0, 0.05) is 13.8 Å². The van der Waals surface area contributed by atoms with Gasteiger partial charge >= 0.3 is 0 Å². The Hall–Kier alpha value is -3.06. The highest BCUT2D eigenvalue weighted by Crippen LogP contribution is 2.43. The molecule has 11 aliphatic rings. The van der Waals surface area contributed by atoms with E-state index in [4.69, 9.17) is 99.5 Å². The highest BCUT2D eigenvalue weighted by Gasteiger charge is 2.63. The molecule has 11 aliphatic heterocycles. The maximum absolute atomic E-state index is 14.0. The van der Waals surface area contributed by atoms with Gasteiger partial charge in [0.1, 0.15) is 244 Å². The first-order chi connectivity index (χ1) is 58.5. The smallest absolute Gasteiger partial charge is 0.217 e. The summed E-state index contributed by atoms with van der Waals surface area (Å²) in [5.74, 6) is -2.05. The Kier molecular flexibility index (Phi) is 35.4. The number of aliphatic hydroxyl groups is 29. The minimum absolute atomic E-state index is 0.886. The number of carbonyl (C=O) groups excluding carboxylic acids is 2. The molecule has 54 nitrogen and oxygen atoms in total. The van der Waals surface area contributed by atoms with Crippen LogP contribution >= 0.6 is 0 Å². The summed E-state index contributed by atoms with van der Waals surface area (Å²) in [6, 6.07) is -4.16. The zero-order valence-corrected chi connectivity index (χ0v) is 67.1. The molecule has 0 aromatic rings. The zero-order valence-electron chi connectivity index (χ0n) is 67.1. The summed E-state index contributed by atoms with van der Waals surface area (Å²) in [5.41, 5.74) is 0. The van der Waals surface area contributed by atoms with Crippen LogP contribution in [0.2, 0.25) is 0 Å². The van der Waals surface area contributed by atoms with Crippen molar-refractivity contribution in [3.05, 3.63) is 0 Å². The van der Waals surface area contributed by atoms with E-state index in [0.717, 1.165) is 13.8 Å². The van der Waals surface area contributed by atoms with Gasteiger partial charge in [0.15, 0.2) is 69.2 Å². The lowest BCUT2D eigenvalue weighted by molar-refractivity contribution is -0.415. The van der Waals surface area contributed by atoms with Crippen molar-refractivity contribution in [3.63, 3.8) is 0 Å². The van der Waals surface area contributed by atoms with Gasteiger partial charge in [-0.2, -0.15) is 0 Å². The monoisotopic (exact) mass is 1820 g/mol. The summed E-state index contributed by atoms with van der Waals surface area (Å²) < 4.78 is 127. The van der Waals surface area contributed by atoms with Gasteiger partial charge < -0.3 is 258 Å². The van der Waals surface area contributed by atoms with Crippen molar-refractivity contribution >= 4 is 11.8 Å². The van der Waals surface area contributed by atoms with Crippen LogP contribution < -0.4 is 10.6 Å². The largest absolute Gasteiger partial charge is 0.394 e. The molecule has 55 atom stereocenters. The summed E-state index contributed by atoms with van der Waals surface area (Å²) in [6.45, 7) is -1.32. The van der Waals surface area contributed by atoms with E-state index in [9.17, 15) is 158 Å². The molecule has 11 saturated heterocycles. The Morgan fingerprint density at radius 1 is 0.226 bits per heavy atom. The first-order valence-corrected chi connectivity index (χ1v) is 40.1. The van der Waals surface area contributed by atoms with Crippen LogP contribution in [-0.2, 0) is 109 Å². The number of carbonyl (C=O) groups is 2. The Morgan fingerprint density at radius 2 is 0.492 bits per heavy atom. The molecule has 0 bridgehead atoms. The fourth-order valence-electron chi connectivity index (χ4n) is 16.4. The average molecular weight is 1820 g/mol. The average Bonchev–Trinajstić information content (AvgIpc) is 0.753. The van der Waals surface area contributed by atoms with Gasteiger partial charge in [-0.1, -0.05) is 0 Å². The van der Waals surface area contributed by atoms with E-state index in [1.165, 1.54) is 27.7 Å². The van der Waals surface area contributed by atoms with Crippen molar-refractivity contribution in [1.82, 2.24) is 10.6 Å². The lowest BCUT2D eigenvalue weighted by Gasteiger charge is -2.53. The molecule has 124 heavy (non-hydrogen) atoms. The van der Waals surface area contributed by atoms with E-state index in [0.29, 0.717) is 0 Å². The zero-order chi connectivity index (χ0) is 91.1. The third-order valence-electron chi connectivity index (χ3n) is 23.6. The van der Waals surface area contributed by atoms with Gasteiger partial charge in [0.2, 0.25) is 11.8 Å². The lowest BCUT2D eigenvalue weighted by atomic mass is 9.92.